The molecule has 3 atom stereocenters. The number of hydrogen-bond donors (Lipinski definition) is 0. The summed E-state index contributed by atoms with van der Waals surface area (Å²) in [5.41, 5.74) is 0.0677. The van der Waals surface area contributed by atoms with E-state index in [4.69, 9.17) is 0 Å². The van der Waals surface area contributed by atoms with Crippen LogP contribution < -0.4 is 0 Å². The second-order valence-electron chi connectivity index (χ2n) is 4.77. The Bertz CT molecular complexity index is 209. The minimum absolute atomic E-state index is 0.0677. The SMILES string of the molecule is C[C@@H]1CCC[C@H]2CCC(=O)[C@]21C. The van der Waals surface area contributed by atoms with Crippen molar-refractivity contribution < 1.29 is 4.79 Å². The van der Waals surface area contributed by atoms with Crippen LogP contribution in [0.1, 0.15) is 46.0 Å². The Labute approximate surface area is 74.5 Å². The van der Waals surface area contributed by atoms with E-state index in [1.54, 1.807) is 0 Å². The van der Waals surface area contributed by atoms with E-state index in [2.05, 4.69) is 13.8 Å². The molecule has 0 N–H and O–H groups in total. The van der Waals surface area contributed by atoms with Crippen molar-refractivity contribution in [2.24, 2.45) is 17.3 Å². The first kappa shape index (κ1) is 8.28. The molecule has 2 aliphatic rings. The van der Waals surface area contributed by atoms with E-state index in [0.717, 1.165) is 6.42 Å². The van der Waals surface area contributed by atoms with Crippen molar-refractivity contribution in [2.45, 2.75) is 46.0 Å². The van der Waals surface area contributed by atoms with E-state index in [-0.39, 0.29) is 5.41 Å². The molecule has 0 spiro atoms. The van der Waals surface area contributed by atoms with Gasteiger partial charge in [-0.1, -0.05) is 20.3 Å². The molecule has 0 amide bonds. The average molecular weight is 166 g/mol. The quantitative estimate of drug-likeness (QED) is 0.541. The number of carbonyl (C=O) groups excluding carboxylic acids is 1. The van der Waals surface area contributed by atoms with Crippen LogP contribution in [-0.2, 0) is 4.79 Å². The predicted molar refractivity (Wildman–Crippen MR) is 48.9 cm³/mol. The normalized spacial score (nSPS) is 47.7. The van der Waals surface area contributed by atoms with Gasteiger partial charge >= 0.3 is 0 Å². The van der Waals surface area contributed by atoms with Gasteiger partial charge in [0.2, 0.25) is 0 Å². The first-order chi connectivity index (χ1) is 5.65. The van der Waals surface area contributed by atoms with E-state index in [1.807, 2.05) is 0 Å². The largest absolute Gasteiger partial charge is 0.299 e. The van der Waals surface area contributed by atoms with Gasteiger partial charge in [0.05, 0.1) is 0 Å². The molecule has 2 rings (SSSR count). The van der Waals surface area contributed by atoms with Crippen LogP contribution in [0.3, 0.4) is 0 Å². The summed E-state index contributed by atoms with van der Waals surface area (Å²) in [5.74, 6) is 1.89. The summed E-state index contributed by atoms with van der Waals surface area (Å²) >= 11 is 0. The maximum Gasteiger partial charge on any atom is 0.139 e. The molecule has 1 nitrogen and oxygen atoms in total. The molecule has 2 fully saturated rings. The van der Waals surface area contributed by atoms with Gasteiger partial charge in [0.15, 0.2) is 0 Å². The van der Waals surface area contributed by atoms with Gasteiger partial charge in [-0.15, -0.1) is 0 Å². The minimum atomic E-state index is 0.0677. The number of Topliss-reactive ketones (excluding diaryl/α,β-unsaturated/α-hetero) is 1. The van der Waals surface area contributed by atoms with E-state index in [9.17, 15) is 4.79 Å². The van der Waals surface area contributed by atoms with Crippen LogP contribution in [0.25, 0.3) is 0 Å². The lowest BCUT2D eigenvalue weighted by Gasteiger charge is -2.40. The highest BCUT2D eigenvalue weighted by Gasteiger charge is 2.50. The van der Waals surface area contributed by atoms with Gasteiger partial charge in [0, 0.05) is 11.8 Å². The van der Waals surface area contributed by atoms with Crippen molar-refractivity contribution in [2.75, 3.05) is 0 Å². The standard InChI is InChI=1S/C11H18O/c1-8-4-3-5-9-6-7-10(12)11(8,9)2/h8-9H,3-7H2,1-2H3/t8-,9+,11+/m1/s1. The molecule has 2 saturated carbocycles. The Morgan fingerprint density at radius 3 is 2.75 bits per heavy atom. The van der Waals surface area contributed by atoms with Gasteiger partial charge in [-0.05, 0) is 31.1 Å². The summed E-state index contributed by atoms with van der Waals surface area (Å²) in [6.07, 6.45) is 5.92. The van der Waals surface area contributed by atoms with E-state index in [0.29, 0.717) is 17.6 Å². The Morgan fingerprint density at radius 1 is 1.33 bits per heavy atom. The van der Waals surface area contributed by atoms with Crippen LogP contribution in [-0.4, -0.2) is 5.78 Å². The average Bonchev–Trinajstić information content (AvgIpc) is 2.33. The van der Waals surface area contributed by atoms with E-state index < -0.39 is 0 Å². The van der Waals surface area contributed by atoms with Gasteiger partial charge in [-0.25, -0.2) is 0 Å². The Morgan fingerprint density at radius 2 is 2.08 bits per heavy atom. The summed E-state index contributed by atoms with van der Waals surface area (Å²) < 4.78 is 0. The minimum Gasteiger partial charge on any atom is -0.299 e. The lowest BCUT2D eigenvalue weighted by atomic mass is 9.63. The number of fused-ring (bicyclic) bond motifs is 1. The summed E-state index contributed by atoms with van der Waals surface area (Å²) in [7, 11) is 0. The zero-order valence-electron chi connectivity index (χ0n) is 8.10. The van der Waals surface area contributed by atoms with Gasteiger partial charge in [0.25, 0.3) is 0 Å². The summed E-state index contributed by atoms with van der Waals surface area (Å²) in [4.78, 5) is 11.7. The maximum atomic E-state index is 11.7. The number of ketones is 1. The van der Waals surface area contributed by atoms with Crippen LogP contribution in [0, 0.1) is 17.3 Å². The van der Waals surface area contributed by atoms with Gasteiger partial charge in [-0.3, -0.25) is 4.79 Å². The zero-order chi connectivity index (χ0) is 8.77. The van der Waals surface area contributed by atoms with Gasteiger partial charge in [0.1, 0.15) is 5.78 Å². The molecule has 0 radical (unpaired) electrons. The first-order valence-corrected chi connectivity index (χ1v) is 5.19. The molecular formula is C11H18O. The summed E-state index contributed by atoms with van der Waals surface area (Å²) in [6, 6.07) is 0. The number of carbonyl (C=O) groups is 1. The van der Waals surface area contributed by atoms with Crippen LogP contribution >= 0.6 is 0 Å². The maximum absolute atomic E-state index is 11.7. The summed E-state index contributed by atoms with van der Waals surface area (Å²) in [5, 5.41) is 0. The number of hydrogen-bond acceptors (Lipinski definition) is 1. The fraction of sp³-hybridized carbons (Fsp3) is 0.909. The van der Waals surface area contributed by atoms with Crippen LogP contribution in [0.5, 0.6) is 0 Å². The van der Waals surface area contributed by atoms with Crippen molar-refractivity contribution in [3.63, 3.8) is 0 Å². The molecule has 2 aliphatic carbocycles. The molecule has 0 aromatic carbocycles. The van der Waals surface area contributed by atoms with E-state index >= 15 is 0 Å². The van der Waals surface area contributed by atoms with Crippen molar-refractivity contribution in [3.05, 3.63) is 0 Å². The third-order valence-corrected chi connectivity index (χ3v) is 4.38. The third-order valence-electron chi connectivity index (χ3n) is 4.38. The second kappa shape index (κ2) is 2.58. The van der Waals surface area contributed by atoms with E-state index in [1.165, 1.54) is 25.7 Å². The van der Waals surface area contributed by atoms with Crippen molar-refractivity contribution in [1.29, 1.82) is 0 Å². The van der Waals surface area contributed by atoms with Crippen molar-refractivity contribution >= 4 is 5.78 Å². The van der Waals surface area contributed by atoms with Gasteiger partial charge < -0.3 is 0 Å². The molecule has 0 aliphatic heterocycles. The van der Waals surface area contributed by atoms with Crippen LogP contribution in [0.15, 0.2) is 0 Å². The smallest absolute Gasteiger partial charge is 0.139 e. The third kappa shape index (κ3) is 0.884. The fourth-order valence-corrected chi connectivity index (χ4v) is 3.19. The molecule has 0 unspecified atom stereocenters. The molecule has 0 aromatic rings. The topological polar surface area (TPSA) is 17.1 Å². The highest BCUT2D eigenvalue weighted by atomic mass is 16.1. The molecule has 0 aromatic heterocycles. The highest BCUT2D eigenvalue weighted by Crippen LogP contribution is 2.52. The molecule has 1 heteroatoms. The Hall–Kier alpha value is -0.330. The molecular weight excluding hydrogens is 148 g/mol. The molecule has 12 heavy (non-hydrogen) atoms. The first-order valence-electron chi connectivity index (χ1n) is 5.19. The van der Waals surface area contributed by atoms with Crippen molar-refractivity contribution in [3.8, 4) is 0 Å². The molecule has 0 bridgehead atoms. The predicted octanol–water partition coefficient (Wildman–Crippen LogP) is 2.79. The highest BCUT2D eigenvalue weighted by molar-refractivity contribution is 5.87. The van der Waals surface area contributed by atoms with Crippen LogP contribution in [0.2, 0.25) is 0 Å². The van der Waals surface area contributed by atoms with Crippen LogP contribution in [0.4, 0.5) is 0 Å². The Kier molecular flexibility index (Phi) is 1.78. The monoisotopic (exact) mass is 166 g/mol. The number of rotatable bonds is 0. The molecule has 0 heterocycles. The molecule has 68 valence electrons. The lowest BCUT2D eigenvalue weighted by Crippen LogP contribution is -2.38. The Balaban J connectivity index is 2.30. The fourth-order valence-electron chi connectivity index (χ4n) is 3.19. The zero-order valence-corrected chi connectivity index (χ0v) is 8.10. The lowest BCUT2D eigenvalue weighted by molar-refractivity contribution is -0.130. The summed E-state index contributed by atoms with van der Waals surface area (Å²) in [6.45, 7) is 4.46. The molecule has 0 saturated heterocycles. The van der Waals surface area contributed by atoms with Gasteiger partial charge in [-0.2, -0.15) is 0 Å². The second-order valence-corrected chi connectivity index (χ2v) is 4.77. The van der Waals surface area contributed by atoms with Crippen molar-refractivity contribution in [1.82, 2.24) is 0 Å².